The van der Waals surface area contributed by atoms with E-state index in [1.54, 1.807) is 16.7 Å². The van der Waals surface area contributed by atoms with Gasteiger partial charge in [0.25, 0.3) is 5.91 Å². The van der Waals surface area contributed by atoms with Crippen LogP contribution in [-0.2, 0) is 0 Å². The average Bonchev–Trinajstić information content (AvgIpc) is 2.43. The second kappa shape index (κ2) is 5.86. The Morgan fingerprint density at radius 1 is 1.37 bits per heavy atom. The van der Waals surface area contributed by atoms with E-state index in [4.69, 9.17) is 0 Å². The van der Waals surface area contributed by atoms with Gasteiger partial charge in [-0.3, -0.25) is 4.79 Å². The van der Waals surface area contributed by atoms with Gasteiger partial charge in [0.15, 0.2) is 17.5 Å². The minimum atomic E-state index is -1.54. The fourth-order valence-corrected chi connectivity index (χ4v) is 3.19. The van der Waals surface area contributed by atoms with Crippen LogP contribution < -0.4 is 0 Å². The molecule has 6 heteroatoms. The number of hydrogen-bond donors (Lipinski definition) is 0. The molecule has 0 aromatic heterocycles. The minimum absolute atomic E-state index is 0.141. The van der Waals surface area contributed by atoms with Crippen molar-refractivity contribution < 1.29 is 18.0 Å². The molecule has 1 saturated heterocycles. The maximum atomic E-state index is 13.1. The highest BCUT2D eigenvalue weighted by atomic mass is 32.2. The van der Waals surface area contributed by atoms with Gasteiger partial charge in [-0.05, 0) is 18.6 Å². The van der Waals surface area contributed by atoms with Crippen molar-refractivity contribution in [2.24, 2.45) is 0 Å². The first-order valence-corrected chi connectivity index (χ1v) is 7.13. The van der Waals surface area contributed by atoms with Gasteiger partial charge in [0, 0.05) is 29.7 Å². The van der Waals surface area contributed by atoms with Gasteiger partial charge < -0.3 is 4.90 Å². The van der Waals surface area contributed by atoms with Crippen molar-refractivity contribution in [3.8, 4) is 0 Å². The van der Waals surface area contributed by atoms with Crippen molar-refractivity contribution in [3.63, 3.8) is 0 Å². The van der Waals surface area contributed by atoms with Crippen molar-refractivity contribution in [2.75, 3.05) is 18.8 Å². The molecule has 2 rings (SSSR count). The van der Waals surface area contributed by atoms with Crippen molar-refractivity contribution in [1.29, 1.82) is 0 Å². The third kappa shape index (κ3) is 3.05. The Morgan fingerprint density at radius 3 is 2.58 bits per heavy atom. The number of thioether (sulfide) groups is 1. The van der Waals surface area contributed by atoms with Gasteiger partial charge in [-0.2, -0.15) is 11.8 Å². The number of benzene rings is 1. The zero-order valence-electron chi connectivity index (χ0n) is 10.5. The second-order valence-electron chi connectivity index (χ2n) is 4.41. The predicted molar refractivity (Wildman–Crippen MR) is 68.8 cm³/mol. The van der Waals surface area contributed by atoms with E-state index in [0.29, 0.717) is 18.3 Å². The van der Waals surface area contributed by atoms with Gasteiger partial charge in [-0.1, -0.05) is 6.92 Å². The highest BCUT2D eigenvalue weighted by molar-refractivity contribution is 8.00. The molecule has 1 fully saturated rings. The molecule has 1 unspecified atom stereocenters. The minimum Gasteiger partial charge on any atom is -0.337 e. The summed E-state index contributed by atoms with van der Waals surface area (Å²) in [6.45, 7) is 3.13. The van der Waals surface area contributed by atoms with Crippen LogP contribution in [0.3, 0.4) is 0 Å². The van der Waals surface area contributed by atoms with E-state index in [2.05, 4.69) is 0 Å². The lowest BCUT2D eigenvalue weighted by Crippen LogP contribution is -2.41. The first-order chi connectivity index (χ1) is 9.02. The summed E-state index contributed by atoms with van der Waals surface area (Å²) >= 11 is 1.79. The number of nitrogens with zero attached hydrogens (tertiary/aromatic N) is 1. The van der Waals surface area contributed by atoms with Crippen molar-refractivity contribution in [2.45, 2.75) is 18.6 Å². The van der Waals surface area contributed by atoms with Crippen LogP contribution >= 0.6 is 11.8 Å². The number of carbonyl (C=O) groups excluding carboxylic acids is 1. The smallest absolute Gasteiger partial charge is 0.254 e. The van der Waals surface area contributed by atoms with Crippen LogP contribution in [-0.4, -0.2) is 34.9 Å². The molecule has 1 aliphatic rings. The summed E-state index contributed by atoms with van der Waals surface area (Å²) in [7, 11) is 0. The van der Waals surface area contributed by atoms with Crippen LogP contribution in [0.1, 0.15) is 23.7 Å². The van der Waals surface area contributed by atoms with Gasteiger partial charge in [-0.15, -0.1) is 0 Å². The molecule has 0 aliphatic carbocycles. The fraction of sp³-hybridized carbons (Fsp3) is 0.462. The first kappa shape index (κ1) is 14.2. The van der Waals surface area contributed by atoms with E-state index in [1.807, 2.05) is 6.92 Å². The number of amides is 1. The van der Waals surface area contributed by atoms with Gasteiger partial charge in [0.2, 0.25) is 0 Å². The molecule has 104 valence electrons. The molecule has 1 aromatic rings. The maximum absolute atomic E-state index is 13.1. The van der Waals surface area contributed by atoms with Gasteiger partial charge in [-0.25, -0.2) is 13.2 Å². The molecule has 1 heterocycles. The van der Waals surface area contributed by atoms with Crippen molar-refractivity contribution in [3.05, 3.63) is 35.1 Å². The molecule has 0 radical (unpaired) electrons. The first-order valence-electron chi connectivity index (χ1n) is 6.08. The molecule has 0 spiro atoms. The van der Waals surface area contributed by atoms with Crippen LogP contribution in [0.4, 0.5) is 13.2 Å². The van der Waals surface area contributed by atoms with Crippen LogP contribution in [0, 0.1) is 17.5 Å². The third-order valence-corrected chi connectivity index (χ3v) is 4.48. The molecule has 1 aromatic carbocycles. The second-order valence-corrected chi connectivity index (χ2v) is 5.81. The topological polar surface area (TPSA) is 20.3 Å². The van der Waals surface area contributed by atoms with Crippen molar-refractivity contribution in [1.82, 2.24) is 4.90 Å². The summed E-state index contributed by atoms with van der Waals surface area (Å²) in [5.41, 5.74) is -0.141. The molecule has 0 N–H and O–H groups in total. The Labute approximate surface area is 114 Å². The van der Waals surface area contributed by atoms with Gasteiger partial charge in [0.1, 0.15) is 0 Å². The lowest BCUT2D eigenvalue weighted by molar-refractivity contribution is 0.0759. The Hall–Kier alpha value is -1.17. The summed E-state index contributed by atoms with van der Waals surface area (Å²) < 4.78 is 39.1. The van der Waals surface area contributed by atoms with Crippen LogP contribution in [0.5, 0.6) is 0 Å². The molecule has 0 saturated carbocycles. The molecule has 0 bridgehead atoms. The Kier molecular flexibility index (Phi) is 4.39. The Balaban J connectivity index is 2.19. The SMILES string of the molecule is CCC1CN(C(=O)c2cc(F)c(F)c(F)c2)CCS1. The zero-order chi connectivity index (χ0) is 14.0. The fourth-order valence-electron chi connectivity index (χ4n) is 2.01. The Morgan fingerprint density at radius 2 is 2.00 bits per heavy atom. The maximum Gasteiger partial charge on any atom is 0.254 e. The van der Waals surface area contributed by atoms with E-state index >= 15 is 0 Å². The summed E-state index contributed by atoms with van der Waals surface area (Å²) in [6.07, 6.45) is 0.931. The van der Waals surface area contributed by atoms with E-state index < -0.39 is 23.4 Å². The average molecular weight is 289 g/mol. The summed E-state index contributed by atoms with van der Waals surface area (Å²) in [6, 6.07) is 1.51. The molecular weight excluding hydrogens is 275 g/mol. The highest BCUT2D eigenvalue weighted by Crippen LogP contribution is 2.23. The van der Waals surface area contributed by atoms with Crippen molar-refractivity contribution >= 4 is 17.7 Å². The lowest BCUT2D eigenvalue weighted by atomic mass is 10.1. The monoisotopic (exact) mass is 289 g/mol. The molecular formula is C13H14F3NOS. The third-order valence-electron chi connectivity index (χ3n) is 3.11. The molecule has 2 nitrogen and oxygen atoms in total. The molecule has 19 heavy (non-hydrogen) atoms. The highest BCUT2D eigenvalue weighted by Gasteiger charge is 2.25. The van der Waals surface area contributed by atoms with Crippen LogP contribution in [0.15, 0.2) is 12.1 Å². The number of halogens is 3. The molecule has 1 aliphatic heterocycles. The quantitative estimate of drug-likeness (QED) is 0.780. The zero-order valence-corrected chi connectivity index (χ0v) is 11.3. The number of hydrogen-bond acceptors (Lipinski definition) is 2. The van der Waals surface area contributed by atoms with Crippen LogP contribution in [0.25, 0.3) is 0 Å². The van der Waals surface area contributed by atoms with Crippen LogP contribution in [0.2, 0.25) is 0 Å². The Bertz CT molecular complexity index is 472. The number of carbonyl (C=O) groups is 1. The molecule has 1 amide bonds. The summed E-state index contributed by atoms with van der Waals surface area (Å²) in [5.74, 6) is -3.85. The molecule has 1 atom stereocenters. The summed E-state index contributed by atoms with van der Waals surface area (Å²) in [5, 5.41) is 0.341. The lowest BCUT2D eigenvalue weighted by Gasteiger charge is -2.32. The van der Waals surface area contributed by atoms with E-state index in [0.717, 1.165) is 24.3 Å². The normalized spacial score (nSPS) is 19.6. The van der Waals surface area contributed by atoms with Gasteiger partial charge in [0.05, 0.1) is 0 Å². The van der Waals surface area contributed by atoms with E-state index in [-0.39, 0.29) is 5.56 Å². The summed E-state index contributed by atoms with van der Waals surface area (Å²) in [4.78, 5) is 13.7. The standard InChI is InChI=1S/C13H14F3NOS/c1-2-9-7-17(3-4-19-9)13(18)8-5-10(14)12(16)11(15)6-8/h5-6,9H,2-4,7H2,1H3. The van der Waals surface area contributed by atoms with E-state index in [1.165, 1.54) is 0 Å². The number of rotatable bonds is 2. The largest absolute Gasteiger partial charge is 0.337 e. The van der Waals surface area contributed by atoms with Gasteiger partial charge >= 0.3 is 0 Å². The predicted octanol–water partition coefficient (Wildman–Crippen LogP) is 3.07. The van der Waals surface area contributed by atoms with E-state index in [9.17, 15) is 18.0 Å².